The number of rotatable bonds is 4. The zero-order chi connectivity index (χ0) is 13.9. The van der Waals surface area contributed by atoms with Crippen molar-refractivity contribution in [2.75, 3.05) is 18.0 Å². The van der Waals surface area contributed by atoms with Gasteiger partial charge < -0.3 is 5.73 Å². The Morgan fingerprint density at radius 3 is 2.84 bits per heavy atom. The molecule has 106 valence electrons. The molecule has 1 saturated heterocycles. The minimum Gasteiger partial charge on any atom is -0.398 e. The Balaban J connectivity index is 2.05. The van der Waals surface area contributed by atoms with E-state index in [1.54, 1.807) is 18.2 Å². The van der Waals surface area contributed by atoms with Crippen molar-refractivity contribution in [3.05, 3.63) is 23.8 Å². The van der Waals surface area contributed by atoms with Gasteiger partial charge in [0.1, 0.15) is 4.90 Å². The lowest BCUT2D eigenvalue weighted by molar-refractivity contribution is 0.574. The highest BCUT2D eigenvalue weighted by Crippen LogP contribution is 2.25. The van der Waals surface area contributed by atoms with Crippen molar-refractivity contribution in [2.45, 2.75) is 36.3 Å². The average molecular weight is 300 g/mol. The zero-order valence-corrected chi connectivity index (χ0v) is 12.7. The van der Waals surface area contributed by atoms with Crippen molar-refractivity contribution in [1.29, 1.82) is 0 Å². The lowest BCUT2D eigenvalue weighted by Crippen LogP contribution is -2.32. The van der Waals surface area contributed by atoms with Crippen molar-refractivity contribution in [3.8, 4) is 0 Å². The summed E-state index contributed by atoms with van der Waals surface area (Å²) in [4.78, 5) is 0.180. The largest absolute Gasteiger partial charge is 0.398 e. The number of hydrogen-bond donors (Lipinski definition) is 2. The molecule has 1 fully saturated rings. The van der Waals surface area contributed by atoms with E-state index in [0.717, 1.165) is 17.7 Å². The van der Waals surface area contributed by atoms with Crippen molar-refractivity contribution < 1.29 is 8.42 Å². The van der Waals surface area contributed by atoms with E-state index in [0.29, 0.717) is 17.5 Å². The van der Waals surface area contributed by atoms with Gasteiger partial charge in [-0.3, -0.25) is 0 Å². The van der Waals surface area contributed by atoms with Gasteiger partial charge in [-0.1, -0.05) is 12.5 Å². The Kier molecular flexibility index (Phi) is 4.76. The first-order valence-electron chi connectivity index (χ1n) is 6.46. The summed E-state index contributed by atoms with van der Waals surface area (Å²) in [6.07, 6.45) is 3.50. The molecule has 1 aromatic rings. The smallest absolute Gasteiger partial charge is 0.242 e. The van der Waals surface area contributed by atoms with Crippen LogP contribution in [0.5, 0.6) is 0 Å². The third-order valence-electron chi connectivity index (χ3n) is 3.23. The number of nitrogen functional groups attached to an aromatic ring is 1. The summed E-state index contributed by atoms with van der Waals surface area (Å²) < 4.78 is 27.1. The molecule has 3 N–H and O–H groups in total. The van der Waals surface area contributed by atoms with E-state index in [9.17, 15) is 8.42 Å². The van der Waals surface area contributed by atoms with Gasteiger partial charge in [0.05, 0.1) is 5.69 Å². The Morgan fingerprint density at radius 1 is 1.42 bits per heavy atom. The van der Waals surface area contributed by atoms with Gasteiger partial charge in [0.25, 0.3) is 0 Å². The van der Waals surface area contributed by atoms with Crippen LogP contribution in [0.1, 0.15) is 24.8 Å². The summed E-state index contributed by atoms with van der Waals surface area (Å²) in [5.41, 5.74) is 7.06. The number of hydrogen-bond acceptors (Lipinski definition) is 4. The van der Waals surface area contributed by atoms with Crippen molar-refractivity contribution in [1.82, 2.24) is 4.72 Å². The fourth-order valence-corrected chi connectivity index (χ4v) is 4.70. The van der Waals surface area contributed by atoms with Crippen LogP contribution in [-0.2, 0) is 10.0 Å². The van der Waals surface area contributed by atoms with E-state index in [1.807, 2.05) is 18.7 Å². The first-order chi connectivity index (χ1) is 8.99. The average Bonchev–Trinajstić information content (AvgIpc) is 2.37. The molecular formula is C13H20N2O2S2. The molecule has 0 spiro atoms. The molecule has 1 aliphatic heterocycles. The van der Waals surface area contributed by atoms with Crippen LogP contribution in [0.4, 0.5) is 5.69 Å². The summed E-state index contributed by atoms with van der Waals surface area (Å²) in [7, 11) is -3.50. The van der Waals surface area contributed by atoms with Crippen LogP contribution in [-0.4, -0.2) is 26.0 Å². The summed E-state index contributed by atoms with van der Waals surface area (Å²) in [5.74, 6) is 1.12. The number of nitrogens with two attached hydrogens (primary N) is 1. The standard InChI is InChI=1S/C13H20N2O2S2/c1-10-5-6-13(12(14)8-10)19(16,17)15-9-11-4-2-3-7-18-11/h5-6,8,11,15H,2-4,7,9,14H2,1H3. The molecule has 1 unspecified atom stereocenters. The van der Waals surface area contributed by atoms with Gasteiger partial charge >= 0.3 is 0 Å². The van der Waals surface area contributed by atoms with Crippen molar-refractivity contribution >= 4 is 27.5 Å². The molecule has 0 aliphatic carbocycles. The molecule has 0 saturated carbocycles. The Bertz CT molecular complexity index is 538. The number of thioether (sulfide) groups is 1. The molecule has 1 atom stereocenters. The first kappa shape index (κ1) is 14.7. The van der Waals surface area contributed by atoms with Crippen LogP contribution in [0.2, 0.25) is 0 Å². The van der Waals surface area contributed by atoms with E-state index in [1.165, 1.54) is 12.8 Å². The second-order valence-electron chi connectivity index (χ2n) is 4.88. The Labute approximate surface area is 119 Å². The van der Waals surface area contributed by atoms with Crippen LogP contribution in [0.15, 0.2) is 23.1 Å². The van der Waals surface area contributed by atoms with E-state index in [2.05, 4.69) is 4.72 Å². The maximum absolute atomic E-state index is 12.2. The lowest BCUT2D eigenvalue weighted by atomic mass is 10.2. The van der Waals surface area contributed by atoms with Crippen LogP contribution >= 0.6 is 11.8 Å². The molecule has 4 nitrogen and oxygen atoms in total. The highest BCUT2D eigenvalue weighted by Gasteiger charge is 2.20. The minimum atomic E-state index is -3.50. The molecule has 0 aromatic heterocycles. The molecule has 1 aliphatic rings. The molecule has 6 heteroatoms. The monoisotopic (exact) mass is 300 g/mol. The molecule has 0 radical (unpaired) electrons. The maximum atomic E-state index is 12.2. The van der Waals surface area contributed by atoms with Gasteiger partial charge in [-0.15, -0.1) is 0 Å². The summed E-state index contributed by atoms with van der Waals surface area (Å²) in [5, 5.41) is 0.384. The number of sulfonamides is 1. The first-order valence-corrected chi connectivity index (χ1v) is 8.99. The summed E-state index contributed by atoms with van der Waals surface area (Å²) in [6, 6.07) is 5.02. The molecule has 1 aromatic carbocycles. The number of benzene rings is 1. The second-order valence-corrected chi connectivity index (χ2v) is 8.03. The molecular weight excluding hydrogens is 280 g/mol. The summed E-state index contributed by atoms with van der Waals surface area (Å²) >= 11 is 1.85. The van der Waals surface area contributed by atoms with Gasteiger partial charge in [-0.2, -0.15) is 11.8 Å². The predicted molar refractivity (Wildman–Crippen MR) is 80.9 cm³/mol. The minimum absolute atomic E-state index is 0.180. The van der Waals surface area contributed by atoms with E-state index >= 15 is 0 Å². The SMILES string of the molecule is Cc1ccc(S(=O)(=O)NCC2CCCCS2)c(N)c1. The fourth-order valence-electron chi connectivity index (χ4n) is 2.16. The topological polar surface area (TPSA) is 72.2 Å². The van der Waals surface area contributed by atoms with Gasteiger partial charge in [-0.05, 0) is 43.2 Å². The Morgan fingerprint density at radius 2 is 2.21 bits per heavy atom. The summed E-state index contributed by atoms with van der Waals surface area (Å²) in [6.45, 7) is 2.37. The quantitative estimate of drug-likeness (QED) is 0.836. The third-order valence-corrected chi connectivity index (χ3v) is 6.13. The molecule has 2 rings (SSSR count). The third kappa shape index (κ3) is 3.87. The fraction of sp³-hybridized carbons (Fsp3) is 0.538. The predicted octanol–water partition coefficient (Wildman–Crippen LogP) is 2.14. The van der Waals surface area contributed by atoms with Crippen LogP contribution in [0.25, 0.3) is 0 Å². The van der Waals surface area contributed by atoms with Gasteiger partial charge in [0.2, 0.25) is 10.0 Å². The van der Waals surface area contributed by atoms with Gasteiger partial charge in [-0.25, -0.2) is 13.1 Å². The molecule has 19 heavy (non-hydrogen) atoms. The van der Waals surface area contributed by atoms with Crippen molar-refractivity contribution in [2.24, 2.45) is 0 Å². The maximum Gasteiger partial charge on any atom is 0.242 e. The molecule has 0 bridgehead atoms. The second kappa shape index (κ2) is 6.15. The van der Waals surface area contributed by atoms with Crippen molar-refractivity contribution in [3.63, 3.8) is 0 Å². The number of nitrogens with one attached hydrogen (secondary N) is 1. The highest BCUT2D eigenvalue weighted by molar-refractivity contribution is 8.00. The zero-order valence-electron chi connectivity index (χ0n) is 11.1. The van der Waals surface area contributed by atoms with Crippen LogP contribution in [0, 0.1) is 6.92 Å². The number of anilines is 1. The molecule has 0 amide bonds. The normalized spacial score (nSPS) is 20.4. The van der Waals surface area contributed by atoms with Gasteiger partial charge in [0, 0.05) is 11.8 Å². The Hall–Kier alpha value is -0.720. The highest BCUT2D eigenvalue weighted by atomic mass is 32.2. The van der Waals surface area contributed by atoms with Crippen LogP contribution in [0.3, 0.4) is 0 Å². The molecule has 1 heterocycles. The van der Waals surface area contributed by atoms with E-state index in [4.69, 9.17) is 5.73 Å². The lowest BCUT2D eigenvalue weighted by Gasteiger charge is -2.21. The number of aryl methyl sites for hydroxylation is 1. The van der Waals surface area contributed by atoms with E-state index < -0.39 is 10.0 Å². The van der Waals surface area contributed by atoms with Gasteiger partial charge in [0.15, 0.2) is 0 Å². The van der Waals surface area contributed by atoms with E-state index in [-0.39, 0.29) is 4.90 Å². The van der Waals surface area contributed by atoms with Crippen LogP contribution < -0.4 is 10.5 Å².